The second kappa shape index (κ2) is 8.71. The van der Waals surface area contributed by atoms with Gasteiger partial charge in [-0.1, -0.05) is 54.6 Å². The third kappa shape index (κ3) is 5.44. The molecule has 0 saturated heterocycles. The largest absolute Gasteiger partial charge is 0.457 e. The summed E-state index contributed by atoms with van der Waals surface area (Å²) in [6.45, 7) is 1.85. The van der Waals surface area contributed by atoms with Gasteiger partial charge in [0.15, 0.2) is 9.84 Å². The van der Waals surface area contributed by atoms with E-state index in [1.165, 1.54) is 0 Å². The highest BCUT2D eigenvalue weighted by Gasteiger charge is 2.20. The van der Waals surface area contributed by atoms with Gasteiger partial charge >= 0.3 is 0 Å². The van der Waals surface area contributed by atoms with Gasteiger partial charge in [-0.3, -0.25) is 4.79 Å². The maximum Gasteiger partial charge on any atom is 0.239 e. The molecule has 0 spiro atoms. The number of hydrogen-bond acceptors (Lipinski definition) is 4. The van der Waals surface area contributed by atoms with Crippen LogP contribution in [0.15, 0.2) is 78.9 Å². The molecule has 1 amide bonds. The van der Waals surface area contributed by atoms with Crippen LogP contribution in [0.25, 0.3) is 0 Å². The molecule has 0 bridgehead atoms. The lowest BCUT2D eigenvalue weighted by atomic mass is 10.2. The number of carbonyl (C=O) groups is 1. The molecule has 0 aliphatic carbocycles. The summed E-state index contributed by atoms with van der Waals surface area (Å²) in [7, 11) is -3.67. The van der Waals surface area contributed by atoms with Crippen molar-refractivity contribution in [2.24, 2.45) is 0 Å². The molecule has 3 aromatic rings. The second-order valence-electron chi connectivity index (χ2n) is 6.42. The molecule has 0 aromatic heterocycles. The maximum absolute atomic E-state index is 12.6. The molecule has 0 saturated carbocycles. The summed E-state index contributed by atoms with van der Waals surface area (Å²) >= 11 is 0. The Labute approximate surface area is 164 Å². The van der Waals surface area contributed by atoms with Crippen LogP contribution < -0.4 is 10.1 Å². The van der Waals surface area contributed by atoms with Crippen molar-refractivity contribution in [3.8, 4) is 11.5 Å². The Morgan fingerprint density at radius 3 is 2.29 bits per heavy atom. The highest BCUT2D eigenvalue weighted by molar-refractivity contribution is 7.91. The molecule has 0 aliphatic rings. The standard InChI is InChI=1S/C22H21NO4S/c1-17-9-5-7-13-20(17)23-22(24)16-28(25,26)15-18-10-6-8-14-21(18)27-19-11-3-2-4-12-19/h2-14H,15-16H2,1H3,(H,23,24). The second-order valence-corrected chi connectivity index (χ2v) is 8.48. The van der Waals surface area contributed by atoms with Gasteiger partial charge in [-0.2, -0.15) is 0 Å². The topological polar surface area (TPSA) is 72.5 Å². The van der Waals surface area contributed by atoms with Gasteiger partial charge in [-0.05, 0) is 36.8 Å². The van der Waals surface area contributed by atoms with Crippen LogP contribution in [0.2, 0.25) is 0 Å². The van der Waals surface area contributed by atoms with Gasteiger partial charge < -0.3 is 10.1 Å². The van der Waals surface area contributed by atoms with Crippen molar-refractivity contribution in [2.45, 2.75) is 12.7 Å². The Morgan fingerprint density at radius 1 is 0.893 bits per heavy atom. The van der Waals surface area contributed by atoms with Gasteiger partial charge in [0, 0.05) is 11.3 Å². The minimum absolute atomic E-state index is 0.281. The highest BCUT2D eigenvalue weighted by atomic mass is 32.2. The predicted octanol–water partition coefficient (Wildman–Crippen LogP) is 4.34. The summed E-state index contributed by atoms with van der Waals surface area (Å²) in [6.07, 6.45) is 0. The number of amides is 1. The molecule has 3 rings (SSSR count). The van der Waals surface area contributed by atoms with E-state index in [9.17, 15) is 13.2 Å². The van der Waals surface area contributed by atoms with Crippen molar-refractivity contribution in [3.63, 3.8) is 0 Å². The Bertz CT molecular complexity index is 1060. The minimum atomic E-state index is -3.67. The number of ether oxygens (including phenoxy) is 1. The summed E-state index contributed by atoms with van der Waals surface area (Å²) in [5.41, 5.74) is 1.99. The molecule has 0 unspecified atom stereocenters. The normalized spacial score (nSPS) is 11.0. The van der Waals surface area contributed by atoms with E-state index >= 15 is 0 Å². The van der Waals surface area contributed by atoms with Crippen LogP contribution in [0.5, 0.6) is 11.5 Å². The molecule has 28 heavy (non-hydrogen) atoms. The molecular weight excluding hydrogens is 374 g/mol. The van der Waals surface area contributed by atoms with Crippen molar-refractivity contribution in [1.82, 2.24) is 0 Å². The molecule has 1 N–H and O–H groups in total. The van der Waals surface area contributed by atoms with Crippen LogP contribution >= 0.6 is 0 Å². The molecule has 0 fully saturated rings. The number of rotatable bonds is 7. The van der Waals surface area contributed by atoms with Gasteiger partial charge in [0.25, 0.3) is 0 Å². The molecule has 3 aromatic carbocycles. The zero-order valence-corrected chi connectivity index (χ0v) is 16.3. The number of benzene rings is 3. The van der Waals surface area contributed by atoms with Gasteiger partial charge in [0.05, 0.1) is 5.75 Å². The van der Waals surface area contributed by atoms with E-state index < -0.39 is 21.5 Å². The van der Waals surface area contributed by atoms with Crippen molar-refractivity contribution in [3.05, 3.63) is 90.0 Å². The fourth-order valence-corrected chi connectivity index (χ4v) is 4.01. The third-order valence-electron chi connectivity index (χ3n) is 4.09. The summed E-state index contributed by atoms with van der Waals surface area (Å²) < 4.78 is 31.0. The van der Waals surface area contributed by atoms with E-state index in [0.29, 0.717) is 22.7 Å². The van der Waals surface area contributed by atoms with Gasteiger partial charge in [-0.15, -0.1) is 0 Å². The average Bonchev–Trinajstić information content (AvgIpc) is 2.65. The molecule has 0 atom stereocenters. The lowest BCUT2D eigenvalue weighted by Crippen LogP contribution is -2.24. The number of anilines is 1. The zero-order valence-electron chi connectivity index (χ0n) is 15.5. The van der Waals surface area contributed by atoms with Crippen molar-refractivity contribution in [2.75, 3.05) is 11.1 Å². The van der Waals surface area contributed by atoms with E-state index in [4.69, 9.17) is 4.74 Å². The van der Waals surface area contributed by atoms with E-state index in [1.807, 2.05) is 37.3 Å². The quantitative estimate of drug-likeness (QED) is 0.646. The minimum Gasteiger partial charge on any atom is -0.457 e. The van der Waals surface area contributed by atoms with Crippen LogP contribution in [0.1, 0.15) is 11.1 Å². The number of aryl methyl sites for hydroxylation is 1. The van der Waals surface area contributed by atoms with Gasteiger partial charge in [0.1, 0.15) is 17.3 Å². The molecule has 5 nitrogen and oxygen atoms in total. The summed E-state index contributed by atoms with van der Waals surface area (Å²) in [5.74, 6) is -0.366. The monoisotopic (exact) mass is 395 g/mol. The number of para-hydroxylation sites is 3. The first kappa shape index (κ1) is 19.6. The van der Waals surface area contributed by atoms with Crippen LogP contribution in [0.4, 0.5) is 5.69 Å². The molecule has 0 heterocycles. The van der Waals surface area contributed by atoms with E-state index in [0.717, 1.165) is 5.56 Å². The third-order valence-corrected chi connectivity index (χ3v) is 5.54. The summed E-state index contributed by atoms with van der Waals surface area (Å²) in [6, 6.07) is 23.3. The Hall–Kier alpha value is -3.12. The fourth-order valence-electron chi connectivity index (χ4n) is 2.73. The lowest BCUT2D eigenvalue weighted by Gasteiger charge is -2.12. The smallest absolute Gasteiger partial charge is 0.239 e. The van der Waals surface area contributed by atoms with Crippen LogP contribution in [0, 0.1) is 6.92 Å². The average molecular weight is 395 g/mol. The first-order chi connectivity index (χ1) is 13.4. The molecule has 144 valence electrons. The fraction of sp³-hybridized carbons (Fsp3) is 0.136. The van der Waals surface area contributed by atoms with Gasteiger partial charge in [-0.25, -0.2) is 8.42 Å². The first-order valence-electron chi connectivity index (χ1n) is 8.80. The summed E-state index contributed by atoms with van der Waals surface area (Å²) in [5, 5.41) is 2.66. The molecular formula is C22H21NO4S. The van der Waals surface area contributed by atoms with E-state index in [-0.39, 0.29) is 5.75 Å². The Kier molecular flexibility index (Phi) is 6.11. The molecule has 0 radical (unpaired) electrons. The maximum atomic E-state index is 12.6. The van der Waals surface area contributed by atoms with Crippen LogP contribution in [-0.4, -0.2) is 20.1 Å². The number of nitrogens with one attached hydrogen (secondary N) is 1. The molecule has 6 heteroatoms. The van der Waals surface area contributed by atoms with E-state index in [1.54, 1.807) is 48.5 Å². The highest BCUT2D eigenvalue weighted by Crippen LogP contribution is 2.26. The predicted molar refractivity (Wildman–Crippen MR) is 110 cm³/mol. The number of sulfone groups is 1. The lowest BCUT2D eigenvalue weighted by molar-refractivity contribution is -0.113. The van der Waals surface area contributed by atoms with Crippen molar-refractivity contribution >= 4 is 21.4 Å². The Balaban J connectivity index is 1.70. The zero-order chi connectivity index (χ0) is 20.0. The Morgan fingerprint density at radius 2 is 1.54 bits per heavy atom. The summed E-state index contributed by atoms with van der Waals surface area (Å²) in [4.78, 5) is 12.2. The SMILES string of the molecule is Cc1ccccc1NC(=O)CS(=O)(=O)Cc1ccccc1Oc1ccccc1. The number of carbonyl (C=O) groups excluding carboxylic acids is 1. The van der Waals surface area contributed by atoms with Crippen LogP contribution in [-0.2, 0) is 20.4 Å². The van der Waals surface area contributed by atoms with Crippen molar-refractivity contribution in [1.29, 1.82) is 0 Å². The van der Waals surface area contributed by atoms with Gasteiger partial charge in [0.2, 0.25) is 5.91 Å². The van der Waals surface area contributed by atoms with Crippen LogP contribution in [0.3, 0.4) is 0 Å². The van der Waals surface area contributed by atoms with Crippen molar-refractivity contribution < 1.29 is 17.9 Å². The number of hydrogen-bond donors (Lipinski definition) is 1. The first-order valence-corrected chi connectivity index (χ1v) is 10.6. The van der Waals surface area contributed by atoms with E-state index in [2.05, 4.69) is 5.32 Å². The molecule has 0 aliphatic heterocycles.